The Morgan fingerprint density at radius 2 is 0.860 bits per heavy atom. The van der Waals surface area contributed by atoms with Crippen molar-refractivity contribution in [1.29, 1.82) is 0 Å². The fraction of sp³-hybridized carbons (Fsp3) is 0. The van der Waals surface area contributed by atoms with Gasteiger partial charge in [0.25, 0.3) is 0 Å². The van der Waals surface area contributed by atoms with Gasteiger partial charge in [-0.15, -0.1) is 0 Å². The van der Waals surface area contributed by atoms with Crippen molar-refractivity contribution in [2.75, 3.05) is 0 Å². The van der Waals surface area contributed by atoms with Crippen LogP contribution in [-0.4, -0.2) is 15.0 Å². The van der Waals surface area contributed by atoms with Crippen LogP contribution in [0.25, 0.3) is 100 Å². The van der Waals surface area contributed by atoms with E-state index in [1.165, 1.54) is 0 Å². The predicted molar refractivity (Wildman–Crippen MR) is 202 cm³/mol. The van der Waals surface area contributed by atoms with Crippen molar-refractivity contribution >= 4 is 43.9 Å². The first kappa shape index (κ1) is 28.2. The van der Waals surface area contributed by atoms with Crippen LogP contribution in [0.5, 0.6) is 0 Å². The Balaban J connectivity index is 1.13. The van der Waals surface area contributed by atoms with Crippen LogP contribution in [0.2, 0.25) is 0 Å². The van der Waals surface area contributed by atoms with Crippen LogP contribution in [-0.2, 0) is 0 Å². The largest absolute Gasteiger partial charge is 0.456 e. The van der Waals surface area contributed by atoms with Gasteiger partial charge in [-0.1, -0.05) is 133 Å². The summed E-state index contributed by atoms with van der Waals surface area (Å²) in [5.41, 5.74) is 10.5. The van der Waals surface area contributed by atoms with E-state index in [9.17, 15) is 0 Å². The molecule has 3 aromatic heterocycles. The maximum Gasteiger partial charge on any atom is 0.164 e. The molecule has 5 nitrogen and oxygen atoms in total. The van der Waals surface area contributed by atoms with E-state index in [2.05, 4.69) is 78.9 Å². The van der Waals surface area contributed by atoms with Gasteiger partial charge >= 0.3 is 0 Å². The van der Waals surface area contributed by atoms with Gasteiger partial charge in [-0.05, 0) is 47.0 Å². The van der Waals surface area contributed by atoms with Crippen LogP contribution >= 0.6 is 0 Å². The van der Waals surface area contributed by atoms with Gasteiger partial charge in [0.1, 0.15) is 22.3 Å². The molecule has 10 aromatic rings. The van der Waals surface area contributed by atoms with Crippen molar-refractivity contribution < 1.29 is 8.83 Å². The highest BCUT2D eigenvalue weighted by Gasteiger charge is 2.18. The molecule has 10 rings (SSSR count). The first-order valence-corrected chi connectivity index (χ1v) is 16.6. The van der Waals surface area contributed by atoms with Gasteiger partial charge in [0, 0.05) is 43.8 Å². The van der Waals surface area contributed by atoms with Crippen LogP contribution < -0.4 is 0 Å². The summed E-state index contributed by atoms with van der Waals surface area (Å²) in [6.07, 6.45) is 0. The highest BCUT2D eigenvalue weighted by molar-refractivity contribution is 6.15. The third-order valence-electron chi connectivity index (χ3n) is 9.34. The minimum atomic E-state index is 0.616. The van der Waals surface area contributed by atoms with Crippen molar-refractivity contribution in [3.63, 3.8) is 0 Å². The number of hydrogen-bond acceptors (Lipinski definition) is 5. The number of para-hydroxylation sites is 2. The molecular weight excluding hydrogens is 615 g/mol. The molecule has 0 aliphatic carbocycles. The summed E-state index contributed by atoms with van der Waals surface area (Å²) in [4.78, 5) is 14.8. The summed E-state index contributed by atoms with van der Waals surface area (Å²) in [6, 6.07) is 55.7. The van der Waals surface area contributed by atoms with Crippen molar-refractivity contribution in [3.05, 3.63) is 164 Å². The minimum Gasteiger partial charge on any atom is -0.456 e. The third kappa shape index (κ3) is 4.67. The van der Waals surface area contributed by atoms with Crippen LogP contribution in [0, 0.1) is 0 Å². The fourth-order valence-corrected chi connectivity index (χ4v) is 6.97. The number of aromatic nitrogens is 3. The number of hydrogen-bond donors (Lipinski definition) is 0. The molecule has 0 unspecified atom stereocenters. The van der Waals surface area contributed by atoms with Gasteiger partial charge in [-0.2, -0.15) is 0 Å². The molecule has 50 heavy (non-hydrogen) atoms. The smallest absolute Gasteiger partial charge is 0.164 e. The average Bonchev–Trinajstić information content (AvgIpc) is 3.77. The summed E-state index contributed by atoms with van der Waals surface area (Å²) in [6.45, 7) is 0. The number of nitrogens with zero attached hydrogens (tertiary/aromatic N) is 3. The lowest BCUT2D eigenvalue weighted by molar-refractivity contribution is 0.668. The molecule has 0 aliphatic rings. The van der Waals surface area contributed by atoms with Crippen LogP contribution in [0.1, 0.15) is 0 Å². The van der Waals surface area contributed by atoms with Crippen molar-refractivity contribution in [3.8, 4) is 56.4 Å². The van der Waals surface area contributed by atoms with Gasteiger partial charge in [0.05, 0.1) is 0 Å². The maximum atomic E-state index is 6.43. The molecular formula is C45H27N3O2. The molecule has 0 fully saturated rings. The molecule has 0 atom stereocenters. The molecule has 5 heteroatoms. The fourth-order valence-electron chi connectivity index (χ4n) is 6.97. The molecule has 7 aromatic carbocycles. The molecule has 234 valence electrons. The van der Waals surface area contributed by atoms with Gasteiger partial charge in [0.2, 0.25) is 0 Å². The second-order valence-electron chi connectivity index (χ2n) is 12.4. The second kappa shape index (κ2) is 11.4. The third-order valence-corrected chi connectivity index (χ3v) is 9.34. The van der Waals surface area contributed by atoms with E-state index in [4.69, 9.17) is 23.8 Å². The standard InChI is InChI=1S/C45H27N3O2/c1-3-12-28(13-4-1)43-46-44(29-14-5-2-6-15-29)48-45(47-43)32-17-9-16-30(26-32)33-19-11-23-40-41(33)37-27-31(24-25-39(37)49-40)34-20-10-21-36-35-18-7-8-22-38(35)50-42(34)36/h1-27H. The van der Waals surface area contributed by atoms with Crippen molar-refractivity contribution in [2.24, 2.45) is 0 Å². The van der Waals surface area contributed by atoms with E-state index in [1.807, 2.05) is 84.9 Å². The van der Waals surface area contributed by atoms with Gasteiger partial charge in [-0.25, -0.2) is 15.0 Å². The van der Waals surface area contributed by atoms with E-state index < -0.39 is 0 Å². The van der Waals surface area contributed by atoms with E-state index >= 15 is 0 Å². The Morgan fingerprint density at radius 1 is 0.320 bits per heavy atom. The Labute approximate surface area is 287 Å². The monoisotopic (exact) mass is 641 g/mol. The SMILES string of the molecule is c1ccc(-c2nc(-c3ccccc3)nc(-c3cccc(-c4cccc5oc6ccc(-c7cccc8c7oc7ccccc78)cc6c45)c3)n2)cc1. The molecule has 0 saturated heterocycles. The number of benzene rings is 7. The molecule has 3 heterocycles. The summed E-state index contributed by atoms with van der Waals surface area (Å²) in [5, 5.41) is 4.33. The lowest BCUT2D eigenvalue weighted by atomic mass is 9.96. The van der Waals surface area contributed by atoms with E-state index in [0.29, 0.717) is 17.5 Å². The molecule has 0 spiro atoms. The Bertz CT molecular complexity index is 2810. The van der Waals surface area contributed by atoms with Gasteiger partial charge in [-0.3, -0.25) is 0 Å². The molecule has 0 bridgehead atoms. The summed E-state index contributed by atoms with van der Waals surface area (Å²) in [5.74, 6) is 1.88. The number of rotatable bonds is 5. The minimum absolute atomic E-state index is 0.616. The quantitative estimate of drug-likeness (QED) is 0.187. The topological polar surface area (TPSA) is 65.0 Å². The first-order chi connectivity index (χ1) is 24.8. The van der Waals surface area contributed by atoms with Crippen LogP contribution in [0.4, 0.5) is 0 Å². The average molecular weight is 642 g/mol. The summed E-state index contributed by atoms with van der Waals surface area (Å²) < 4.78 is 12.8. The van der Waals surface area contributed by atoms with E-state index in [1.54, 1.807) is 0 Å². The predicted octanol–water partition coefficient (Wildman–Crippen LogP) is 12.0. The Morgan fingerprint density at radius 3 is 1.64 bits per heavy atom. The van der Waals surface area contributed by atoms with E-state index in [-0.39, 0.29) is 0 Å². The first-order valence-electron chi connectivity index (χ1n) is 16.6. The summed E-state index contributed by atoms with van der Waals surface area (Å²) in [7, 11) is 0. The second-order valence-corrected chi connectivity index (χ2v) is 12.4. The van der Waals surface area contributed by atoms with Gasteiger partial charge < -0.3 is 8.83 Å². The lowest BCUT2D eigenvalue weighted by Gasteiger charge is -2.10. The van der Waals surface area contributed by atoms with Crippen LogP contribution in [0.3, 0.4) is 0 Å². The Hall–Kier alpha value is -6.85. The summed E-state index contributed by atoms with van der Waals surface area (Å²) >= 11 is 0. The zero-order valence-electron chi connectivity index (χ0n) is 26.7. The number of furan rings is 2. The zero-order valence-corrected chi connectivity index (χ0v) is 26.7. The molecule has 0 amide bonds. The maximum absolute atomic E-state index is 6.43. The van der Waals surface area contributed by atoms with E-state index in [0.717, 1.165) is 82.8 Å². The lowest BCUT2D eigenvalue weighted by Crippen LogP contribution is -2.00. The van der Waals surface area contributed by atoms with Crippen molar-refractivity contribution in [1.82, 2.24) is 15.0 Å². The number of fused-ring (bicyclic) bond motifs is 6. The molecule has 0 radical (unpaired) electrons. The molecule has 0 aliphatic heterocycles. The zero-order chi connectivity index (χ0) is 33.0. The highest BCUT2D eigenvalue weighted by Crippen LogP contribution is 2.41. The molecule has 0 saturated carbocycles. The normalized spacial score (nSPS) is 11.6. The molecule has 0 N–H and O–H groups in total. The van der Waals surface area contributed by atoms with Crippen LogP contribution in [0.15, 0.2) is 173 Å². The Kier molecular flexibility index (Phi) is 6.42. The van der Waals surface area contributed by atoms with Crippen molar-refractivity contribution in [2.45, 2.75) is 0 Å². The highest BCUT2D eigenvalue weighted by atomic mass is 16.3. The van der Waals surface area contributed by atoms with Gasteiger partial charge in [0.15, 0.2) is 17.5 Å².